The molecule has 5 heterocycles. The van der Waals surface area contributed by atoms with Crippen LogP contribution in [0, 0.1) is 30.1 Å². The highest BCUT2D eigenvalue weighted by Crippen LogP contribution is 2.40. The summed E-state index contributed by atoms with van der Waals surface area (Å²) < 4.78 is 39.2. The number of aromatic nitrogens is 3. The van der Waals surface area contributed by atoms with Crippen molar-refractivity contribution in [2.45, 2.75) is 32.5 Å². The predicted molar refractivity (Wildman–Crippen MR) is 144 cm³/mol. The molecule has 0 saturated carbocycles. The number of alkyl halides is 3. The number of rotatable bonds is 5. The number of hydrogen-bond donors (Lipinski definition) is 2. The van der Waals surface area contributed by atoms with E-state index in [0.29, 0.717) is 33.7 Å². The second kappa shape index (κ2) is 9.43. The van der Waals surface area contributed by atoms with Crippen LogP contribution in [0.5, 0.6) is 0 Å². The number of aryl methyl sites for hydroxylation is 1. The minimum atomic E-state index is -4.26. The zero-order valence-electron chi connectivity index (χ0n) is 21.2. The van der Waals surface area contributed by atoms with Gasteiger partial charge in [-0.3, -0.25) is 4.90 Å². The van der Waals surface area contributed by atoms with Gasteiger partial charge in [-0.2, -0.15) is 23.4 Å². The van der Waals surface area contributed by atoms with Crippen molar-refractivity contribution in [1.82, 2.24) is 19.9 Å². The van der Waals surface area contributed by atoms with E-state index in [9.17, 15) is 18.4 Å². The van der Waals surface area contributed by atoms with Gasteiger partial charge in [0.2, 0.25) is 5.95 Å². The first-order chi connectivity index (χ1) is 18.2. The van der Waals surface area contributed by atoms with Crippen LogP contribution in [0.4, 0.5) is 24.9 Å². The first-order valence-electron chi connectivity index (χ1n) is 12.7. The zero-order valence-corrected chi connectivity index (χ0v) is 22.0. The molecule has 11 heteroatoms. The number of halogens is 3. The summed E-state index contributed by atoms with van der Waals surface area (Å²) in [6, 6.07) is 9.92. The molecule has 0 amide bonds. The molecular weight excluding hydrogens is 511 g/mol. The largest absolute Gasteiger partial charge is 0.393 e. The molecule has 2 saturated heterocycles. The predicted octanol–water partition coefficient (Wildman–Crippen LogP) is 5.46. The van der Waals surface area contributed by atoms with Gasteiger partial charge in [0.05, 0.1) is 11.8 Å². The standard InChI is InChI=1S/C27H28F3N7S/c1-15-16(3-4-23-21(15)7-19(10-31)33-23)11-36-6-5-17-13-37(14-18(17)12-36)24-22-8-20(9-27(28,29)30)38-25(22)35-26(32-2)34-24/h3-4,7-8,17-18,33H,5-6,9,11-14H2,1-2H3,(H,32,34,35). The van der Waals surface area contributed by atoms with Crippen molar-refractivity contribution >= 4 is 44.2 Å². The third-order valence-electron chi connectivity index (χ3n) is 7.91. The molecule has 2 atom stereocenters. The summed E-state index contributed by atoms with van der Waals surface area (Å²) in [4.78, 5) is 17.9. The lowest BCUT2D eigenvalue weighted by Gasteiger charge is -2.34. The molecule has 0 radical (unpaired) electrons. The molecule has 0 spiro atoms. The number of H-pyrrole nitrogens is 1. The van der Waals surface area contributed by atoms with E-state index in [1.54, 1.807) is 13.1 Å². The van der Waals surface area contributed by atoms with Crippen LogP contribution in [0.25, 0.3) is 21.1 Å². The Kier molecular flexibility index (Phi) is 6.19. The smallest absolute Gasteiger partial charge is 0.357 e. The summed E-state index contributed by atoms with van der Waals surface area (Å²) in [5, 5.41) is 14.0. The molecule has 4 aromatic rings. The second-order valence-corrected chi connectivity index (χ2v) is 11.5. The average molecular weight is 540 g/mol. The van der Waals surface area contributed by atoms with E-state index >= 15 is 0 Å². The first kappa shape index (κ1) is 24.9. The SMILES string of the molecule is CNc1nc(N2CC3CCN(Cc4ccc5[nH]c(C#N)cc5c4C)CC3C2)c2cc(CC(F)(F)F)sc2n1. The molecule has 0 aliphatic carbocycles. The molecule has 2 unspecified atom stereocenters. The van der Waals surface area contributed by atoms with Crippen molar-refractivity contribution in [3.63, 3.8) is 0 Å². The number of nitrogens with one attached hydrogen (secondary N) is 2. The van der Waals surface area contributed by atoms with E-state index in [-0.39, 0.29) is 4.88 Å². The van der Waals surface area contributed by atoms with E-state index < -0.39 is 12.6 Å². The van der Waals surface area contributed by atoms with Crippen molar-refractivity contribution < 1.29 is 13.2 Å². The zero-order chi connectivity index (χ0) is 26.6. The van der Waals surface area contributed by atoms with E-state index in [0.717, 1.165) is 67.2 Å². The Labute approximate surface area is 222 Å². The van der Waals surface area contributed by atoms with Crippen LogP contribution in [0.1, 0.15) is 28.1 Å². The van der Waals surface area contributed by atoms with E-state index in [1.165, 1.54) is 11.1 Å². The molecule has 2 N–H and O–H groups in total. The number of likely N-dealkylation sites (tertiary alicyclic amines) is 1. The Morgan fingerprint density at radius 2 is 1.97 bits per heavy atom. The number of piperidine rings is 1. The van der Waals surface area contributed by atoms with Crippen molar-refractivity contribution in [2.24, 2.45) is 11.8 Å². The first-order valence-corrected chi connectivity index (χ1v) is 13.6. The maximum absolute atomic E-state index is 13.1. The molecule has 2 aliphatic heterocycles. The molecule has 198 valence electrons. The van der Waals surface area contributed by atoms with Crippen LogP contribution in [0.2, 0.25) is 0 Å². The third-order valence-corrected chi connectivity index (χ3v) is 8.94. The van der Waals surface area contributed by atoms with Crippen molar-refractivity contribution in [2.75, 3.05) is 43.4 Å². The number of thiophene rings is 1. The monoisotopic (exact) mass is 539 g/mol. The van der Waals surface area contributed by atoms with E-state index in [2.05, 4.69) is 50.2 Å². The molecule has 1 aromatic carbocycles. The minimum Gasteiger partial charge on any atom is -0.357 e. The Balaban J connectivity index is 1.21. The summed E-state index contributed by atoms with van der Waals surface area (Å²) in [7, 11) is 1.73. The molecule has 38 heavy (non-hydrogen) atoms. The number of aromatic amines is 1. The van der Waals surface area contributed by atoms with Crippen molar-refractivity contribution in [3.8, 4) is 6.07 Å². The van der Waals surface area contributed by atoms with Crippen LogP contribution < -0.4 is 10.2 Å². The highest BCUT2D eigenvalue weighted by Gasteiger charge is 2.38. The summed E-state index contributed by atoms with van der Waals surface area (Å²) >= 11 is 1.09. The van der Waals surface area contributed by atoms with Gasteiger partial charge in [0.1, 0.15) is 22.4 Å². The fourth-order valence-corrected chi connectivity index (χ4v) is 7.07. The molecule has 6 rings (SSSR count). The fourth-order valence-electron chi connectivity index (χ4n) is 6.02. The van der Waals surface area contributed by atoms with Crippen molar-refractivity contribution in [1.29, 1.82) is 5.26 Å². The molecule has 0 bridgehead atoms. The molecule has 2 aliphatic rings. The summed E-state index contributed by atoms with van der Waals surface area (Å²) in [6.07, 6.45) is -4.13. The van der Waals surface area contributed by atoms with Gasteiger partial charge in [-0.05, 0) is 61.1 Å². The normalized spacial score (nSPS) is 20.3. The van der Waals surface area contributed by atoms with Gasteiger partial charge in [-0.1, -0.05) is 6.07 Å². The Morgan fingerprint density at radius 3 is 2.74 bits per heavy atom. The average Bonchev–Trinajstić information content (AvgIpc) is 3.59. The number of benzene rings is 1. The van der Waals surface area contributed by atoms with E-state index in [1.807, 2.05) is 6.07 Å². The second-order valence-electron chi connectivity index (χ2n) is 10.4. The summed E-state index contributed by atoms with van der Waals surface area (Å²) in [5.74, 6) is 2.14. The Hall–Kier alpha value is -3.36. The fraction of sp³-hybridized carbons (Fsp3) is 0.444. The van der Waals surface area contributed by atoms with Gasteiger partial charge in [0.25, 0.3) is 0 Å². The van der Waals surface area contributed by atoms with Crippen LogP contribution >= 0.6 is 11.3 Å². The Morgan fingerprint density at radius 1 is 1.16 bits per heavy atom. The van der Waals surface area contributed by atoms with Gasteiger partial charge in [-0.25, -0.2) is 4.98 Å². The van der Waals surface area contributed by atoms with Gasteiger partial charge in [0, 0.05) is 49.0 Å². The topological polar surface area (TPSA) is 83.9 Å². The van der Waals surface area contributed by atoms with Gasteiger partial charge >= 0.3 is 6.18 Å². The van der Waals surface area contributed by atoms with Crippen LogP contribution in [-0.2, 0) is 13.0 Å². The molecule has 2 fully saturated rings. The van der Waals surface area contributed by atoms with Crippen LogP contribution in [0.15, 0.2) is 24.3 Å². The molecule has 3 aromatic heterocycles. The quantitative estimate of drug-likeness (QED) is 0.351. The van der Waals surface area contributed by atoms with Crippen LogP contribution in [-0.4, -0.2) is 59.3 Å². The maximum Gasteiger partial charge on any atom is 0.393 e. The van der Waals surface area contributed by atoms with E-state index in [4.69, 9.17) is 4.98 Å². The lowest BCUT2D eigenvalue weighted by atomic mass is 9.88. The van der Waals surface area contributed by atoms with Gasteiger partial charge < -0.3 is 15.2 Å². The summed E-state index contributed by atoms with van der Waals surface area (Å²) in [6.45, 7) is 6.60. The lowest BCUT2D eigenvalue weighted by molar-refractivity contribution is -0.126. The number of anilines is 2. The molecular formula is C27H28F3N7S. The lowest BCUT2D eigenvalue weighted by Crippen LogP contribution is -2.39. The molecule has 7 nitrogen and oxygen atoms in total. The third kappa shape index (κ3) is 4.67. The van der Waals surface area contributed by atoms with Crippen LogP contribution in [0.3, 0.4) is 0 Å². The van der Waals surface area contributed by atoms with Crippen molar-refractivity contribution in [3.05, 3.63) is 46.0 Å². The highest BCUT2D eigenvalue weighted by atomic mass is 32.1. The Bertz CT molecular complexity index is 1550. The minimum absolute atomic E-state index is 0.260. The summed E-state index contributed by atoms with van der Waals surface area (Å²) in [5.41, 5.74) is 4.02. The number of nitrogens with zero attached hydrogens (tertiary/aromatic N) is 5. The number of fused-ring (bicyclic) bond motifs is 3. The maximum atomic E-state index is 13.1. The number of nitriles is 1. The van der Waals surface area contributed by atoms with Gasteiger partial charge in [0.15, 0.2) is 0 Å². The highest BCUT2D eigenvalue weighted by molar-refractivity contribution is 7.18. The van der Waals surface area contributed by atoms with Gasteiger partial charge in [-0.15, -0.1) is 11.3 Å². The number of hydrogen-bond acceptors (Lipinski definition) is 7.